The Bertz CT molecular complexity index is 328. The molecule has 4 rings (SSSR count). The van der Waals surface area contributed by atoms with Crippen LogP contribution in [-0.4, -0.2) is 11.9 Å². The van der Waals surface area contributed by atoms with Crippen LogP contribution in [0.2, 0.25) is 0 Å². The Hall–Kier alpha value is -1.06. The van der Waals surface area contributed by atoms with Crippen molar-refractivity contribution >= 4 is 11.9 Å². The van der Waals surface area contributed by atoms with Crippen LogP contribution < -0.4 is 5.48 Å². The zero-order valence-corrected chi connectivity index (χ0v) is 10.2. The van der Waals surface area contributed by atoms with Gasteiger partial charge in [0.25, 0.3) is 5.91 Å². The van der Waals surface area contributed by atoms with Crippen molar-refractivity contribution in [2.24, 2.45) is 23.2 Å². The Morgan fingerprint density at radius 2 is 1.53 bits per heavy atom. The fourth-order valence-corrected chi connectivity index (χ4v) is 4.62. The Morgan fingerprint density at radius 3 is 1.94 bits per heavy atom. The maximum atomic E-state index is 12.2. The lowest BCUT2D eigenvalue weighted by atomic mass is 9.49. The molecule has 4 nitrogen and oxygen atoms in total. The first-order valence-electron chi connectivity index (χ1n) is 6.55. The number of nitrogens with one attached hydrogen (secondary N) is 1. The largest absolute Gasteiger partial charge is 0.341 e. The van der Waals surface area contributed by atoms with Crippen molar-refractivity contribution in [2.75, 3.05) is 0 Å². The van der Waals surface area contributed by atoms with Crippen LogP contribution in [0.15, 0.2) is 0 Å². The summed E-state index contributed by atoms with van der Waals surface area (Å²) in [6, 6.07) is 0. The molecule has 0 saturated heterocycles. The van der Waals surface area contributed by atoms with Crippen LogP contribution in [-0.2, 0) is 14.4 Å². The van der Waals surface area contributed by atoms with E-state index in [9.17, 15) is 9.59 Å². The molecule has 94 valence electrons. The maximum Gasteiger partial charge on any atom is 0.329 e. The lowest BCUT2D eigenvalue weighted by molar-refractivity contribution is -0.168. The van der Waals surface area contributed by atoms with Gasteiger partial charge in [-0.25, -0.2) is 0 Å². The van der Waals surface area contributed by atoms with E-state index < -0.39 is 5.97 Å². The molecule has 0 aromatic heterocycles. The number of carbonyl (C=O) groups excluding carboxylic acids is 2. The van der Waals surface area contributed by atoms with Gasteiger partial charge < -0.3 is 4.84 Å². The highest BCUT2D eigenvalue weighted by Crippen LogP contribution is 2.60. The molecule has 0 spiro atoms. The van der Waals surface area contributed by atoms with Gasteiger partial charge in [0, 0.05) is 6.92 Å². The standard InChI is InChI=1S/C13H19NO3/c1-8(15)17-14-12(16)13-5-9-2-10(6-13)4-11(3-9)7-13/h9-11H,2-7H2,1H3,(H,14,16). The van der Waals surface area contributed by atoms with Crippen molar-refractivity contribution in [3.63, 3.8) is 0 Å². The van der Waals surface area contributed by atoms with Crippen molar-refractivity contribution in [1.29, 1.82) is 0 Å². The predicted molar refractivity (Wildman–Crippen MR) is 60.5 cm³/mol. The molecule has 0 aromatic rings. The molecule has 4 heteroatoms. The first-order valence-corrected chi connectivity index (χ1v) is 6.55. The molecule has 4 bridgehead atoms. The number of hydrogen-bond donors (Lipinski definition) is 1. The van der Waals surface area contributed by atoms with E-state index in [1.54, 1.807) is 0 Å². The molecule has 0 heterocycles. The van der Waals surface area contributed by atoms with Crippen LogP contribution >= 0.6 is 0 Å². The van der Waals surface area contributed by atoms with Gasteiger partial charge in [-0.2, -0.15) is 5.48 Å². The predicted octanol–water partition coefficient (Wildman–Crippen LogP) is 1.80. The van der Waals surface area contributed by atoms with Crippen LogP contribution in [0.25, 0.3) is 0 Å². The Labute approximate surface area is 101 Å². The van der Waals surface area contributed by atoms with Gasteiger partial charge in [-0.15, -0.1) is 0 Å². The molecule has 17 heavy (non-hydrogen) atoms. The molecule has 1 N–H and O–H groups in total. The molecule has 4 aliphatic rings. The molecule has 0 aromatic carbocycles. The second kappa shape index (κ2) is 3.72. The van der Waals surface area contributed by atoms with Crippen molar-refractivity contribution in [3.05, 3.63) is 0 Å². The third kappa shape index (κ3) is 1.83. The van der Waals surface area contributed by atoms with Crippen LogP contribution in [0, 0.1) is 23.2 Å². The molecule has 0 unspecified atom stereocenters. The normalized spacial score (nSPS) is 42.3. The summed E-state index contributed by atoms with van der Waals surface area (Å²) in [5.41, 5.74) is 2.12. The minimum Gasteiger partial charge on any atom is -0.341 e. The molecule has 1 amide bonds. The summed E-state index contributed by atoms with van der Waals surface area (Å²) < 4.78 is 0. The molecule has 4 saturated carbocycles. The average Bonchev–Trinajstić information content (AvgIpc) is 2.23. The van der Waals surface area contributed by atoms with Gasteiger partial charge in [0.15, 0.2) is 0 Å². The van der Waals surface area contributed by atoms with E-state index in [1.165, 1.54) is 26.2 Å². The second-order valence-corrected chi connectivity index (χ2v) is 6.22. The molecule has 0 atom stereocenters. The molecule has 0 radical (unpaired) electrons. The average molecular weight is 237 g/mol. The van der Waals surface area contributed by atoms with E-state index in [4.69, 9.17) is 0 Å². The van der Waals surface area contributed by atoms with Gasteiger partial charge in [-0.3, -0.25) is 9.59 Å². The van der Waals surface area contributed by atoms with E-state index in [-0.39, 0.29) is 11.3 Å². The maximum absolute atomic E-state index is 12.2. The van der Waals surface area contributed by atoms with Crippen LogP contribution in [0.3, 0.4) is 0 Å². The fourth-order valence-electron chi connectivity index (χ4n) is 4.62. The first-order chi connectivity index (χ1) is 8.07. The summed E-state index contributed by atoms with van der Waals surface area (Å²) in [6.07, 6.45) is 6.89. The van der Waals surface area contributed by atoms with Gasteiger partial charge in [0.2, 0.25) is 0 Å². The number of hydrogen-bond acceptors (Lipinski definition) is 3. The van der Waals surface area contributed by atoms with Crippen LogP contribution in [0.4, 0.5) is 0 Å². The van der Waals surface area contributed by atoms with Crippen molar-refractivity contribution in [3.8, 4) is 0 Å². The minimum atomic E-state index is -0.455. The highest BCUT2D eigenvalue weighted by Gasteiger charge is 2.54. The van der Waals surface area contributed by atoms with Gasteiger partial charge in [-0.05, 0) is 56.3 Å². The molecule has 4 fully saturated rings. The van der Waals surface area contributed by atoms with Gasteiger partial charge in [0.05, 0.1) is 5.41 Å². The number of amides is 1. The Kier molecular flexibility index (Phi) is 2.42. The second-order valence-electron chi connectivity index (χ2n) is 6.22. The SMILES string of the molecule is CC(=O)ONC(=O)C12CC3CC(CC(C3)C1)C2. The Balaban J connectivity index is 1.73. The summed E-state index contributed by atoms with van der Waals surface area (Å²) in [6.45, 7) is 1.31. The van der Waals surface area contributed by atoms with E-state index >= 15 is 0 Å². The van der Waals surface area contributed by atoms with E-state index in [0.717, 1.165) is 37.0 Å². The highest BCUT2D eigenvalue weighted by molar-refractivity contribution is 5.83. The van der Waals surface area contributed by atoms with Gasteiger partial charge in [-0.1, -0.05) is 0 Å². The number of hydroxylamine groups is 1. The summed E-state index contributed by atoms with van der Waals surface area (Å²) in [5, 5.41) is 0. The van der Waals surface area contributed by atoms with E-state index in [0.29, 0.717) is 0 Å². The number of rotatable bonds is 1. The topological polar surface area (TPSA) is 55.4 Å². The number of carbonyl (C=O) groups is 2. The highest BCUT2D eigenvalue weighted by atomic mass is 16.7. The zero-order valence-electron chi connectivity index (χ0n) is 10.2. The molecule has 0 aliphatic heterocycles. The molecular weight excluding hydrogens is 218 g/mol. The lowest BCUT2D eigenvalue weighted by Crippen LogP contribution is -2.53. The molecule has 4 aliphatic carbocycles. The quantitative estimate of drug-likeness (QED) is 0.707. The monoisotopic (exact) mass is 237 g/mol. The van der Waals surface area contributed by atoms with Crippen LogP contribution in [0.5, 0.6) is 0 Å². The third-order valence-electron chi connectivity index (χ3n) is 4.81. The lowest BCUT2D eigenvalue weighted by Gasteiger charge is -2.55. The Morgan fingerprint density at radius 1 is 1.06 bits per heavy atom. The fraction of sp³-hybridized carbons (Fsp3) is 0.846. The summed E-state index contributed by atoms with van der Waals surface area (Å²) >= 11 is 0. The van der Waals surface area contributed by atoms with Crippen molar-refractivity contribution in [2.45, 2.75) is 45.4 Å². The molecular formula is C13H19NO3. The summed E-state index contributed by atoms with van der Waals surface area (Å²) in [7, 11) is 0. The van der Waals surface area contributed by atoms with E-state index in [1.807, 2.05) is 0 Å². The third-order valence-corrected chi connectivity index (χ3v) is 4.81. The minimum absolute atomic E-state index is 0.0631. The van der Waals surface area contributed by atoms with Gasteiger partial charge in [0.1, 0.15) is 0 Å². The summed E-state index contributed by atoms with van der Waals surface area (Å²) in [4.78, 5) is 27.6. The first kappa shape index (κ1) is 11.1. The smallest absolute Gasteiger partial charge is 0.329 e. The van der Waals surface area contributed by atoms with E-state index in [2.05, 4.69) is 10.3 Å². The summed E-state index contributed by atoms with van der Waals surface area (Å²) in [5.74, 6) is 1.66. The van der Waals surface area contributed by atoms with Crippen molar-refractivity contribution < 1.29 is 14.4 Å². The van der Waals surface area contributed by atoms with Crippen LogP contribution in [0.1, 0.15) is 45.4 Å². The van der Waals surface area contributed by atoms with Crippen molar-refractivity contribution in [1.82, 2.24) is 5.48 Å². The zero-order chi connectivity index (χ0) is 12.0. The van der Waals surface area contributed by atoms with Gasteiger partial charge >= 0.3 is 5.97 Å².